The fourth-order valence-corrected chi connectivity index (χ4v) is 3.44. The highest BCUT2D eigenvalue weighted by molar-refractivity contribution is 5.99. The third-order valence-electron chi connectivity index (χ3n) is 4.93. The summed E-state index contributed by atoms with van der Waals surface area (Å²) in [7, 11) is 1.62. The molecule has 0 bridgehead atoms. The second-order valence-electron chi connectivity index (χ2n) is 6.95. The van der Waals surface area contributed by atoms with Crippen molar-refractivity contribution in [2.24, 2.45) is 0 Å². The number of ether oxygens (including phenoxy) is 2. The number of aromatic nitrogens is 4. The zero-order chi connectivity index (χ0) is 20.2. The van der Waals surface area contributed by atoms with Gasteiger partial charge < -0.3 is 18.9 Å². The summed E-state index contributed by atoms with van der Waals surface area (Å²) in [6, 6.07) is 7.51. The number of rotatable bonds is 6. The van der Waals surface area contributed by atoms with Crippen molar-refractivity contribution in [2.75, 3.05) is 20.2 Å². The van der Waals surface area contributed by atoms with Gasteiger partial charge in [0.25, 0.3) is 11.8 Å². The Morgan fingerprint density at radius 3 is 2.90 bits per heavy atom. The summed E-state index contributed by atoms with van der Waals surface area (Å²) in [5.74, 6) is 1.72. The molecule has 2 aromatic heterocycles. The predicted octanol–water partition coefficient (Wildman–Crippen LogP) is 2.60. The van der Waals surface area contributed by atoms with Crippen LogP contribution in [0.25, 0.3) is 11.3 Å². The number of H-pyrrole nitrogens is 1. The van der Waals surface area contributed by atoms with E-state index in [1.54, 1.807) is 20.2 Å². The average Bonchev–Trinajstić information content (AvgIpc) is 3.41. The molecule has 3 heterocycles. The van der Waals surface area contributed by atoms with Crippen LogP contribution in [-0.4, -0.2) is 57.4 Å². The smallest absolute Gasteiger partial charge is 0.257 e. The topological polar surface area (TPSA) is 106 Å². The molecule has 0 radical (unpaired) electrons. The molecule has 1 unspecified atom stereocenters. The van der Waals surface area contributed by atoms with E-state index in [4.69, 9.17) is 14.0 Å². The van der Waals surface area contributed by atoms with Crippen molar-refractivity contribution in [2.45, 2.75) is 32.5 Å². The van der Waals surface area contributed by atoms with Crippen LogP contribution in [0.15, 0.2) is 35.0 Å². The maximum Gasteiger partial charge on any atom is 0.257 e. The summed E-state index contributed by atoms with van der Waals surface area (Å²) in [6.45, 7) is 3.21. The molecule has 152 valence electrons. The Balaban J connectivity index is 1.43. The molecule has 29 heavy (non-hydrogen) atoms. The van der Waals surface area contributed by atoms with Gasteiger partial charge in [-0.3, -0.25) is 9.89 Å². The van der Waals surface area contributed by atoms with Crippen LogP contribution >= 0.6 is 0 Å². The number of nitrogens with zero attached hydrogens (tertiary/aromatic N) is 4. The van der Waals surface area contributed by atoms with Crippen LogP contribution in [0.5, 0.6) is 5.75 Å². The summed E-state index contributed by atoms with van der Waals surface area (Å²) in [5.41, 5.74) is 2.12. The quantitative estimate of drug-likeness (QED) is 0.681. The van der Waals surface area contributed by atoms with Crippen LogP contribution in [0.4, 0.5) is 0 Å². The lowest BCUT2D eigenvalue weighted by Crippen LogP contribution is -2.43. The Morgan fingerprint density at radius 1 is 1.34 bits per heavy atom. The number of amides is 1. The molecular weight excluding hydrogens is 374 g/mol. The number of aryl methyl sites for hydroxylation is 1. The molecule has 1 fully saturated rings. The van der Waals surface area contributed by atoms with Crippen LogP contribution in [0.1, 0.15) is 34.9 Å². The van der Waals surface area contributed by atoms with Gasteiger partial charge in [-0.1, -0.05) is 5.16 Å². The number of nitrogens with one attached hydrogen (secondary N) is 1. The molecule has 0 saturated carbocycles. The Hall–Kier alpha value is -3.20. The van der Waals surface area contributed by atoms with Crippen LogP contribution < -0.4 is 4.74 Å². The predicted molar refractivity (Wildman–Crippen MR) is 103 cm³/mol. The summed E-state index contributed by atoms with van der Waals surface area (Å²) in [5, 5.41) is 10.8. The highest BCUT2D eigenvalue weighted by Gasteiger charge is 2.28. The summed E-state index contributed by atoms with van der Waals surface area (Å²) in [6.07, 6.45) is 3.26. The second-order valence-corrected chi connectivity index (χ2v) is 6.95. The largest absolute Gasteiger partial charge is 0.497 e. The van der Waals surface area contributed by atoms with E-state index in [1.807, 2.05) is 29.2 Å². The molecule has 4 rings (SSSR count). The summed E-state index contributed by atoms with van der Waals surface area (Å²) < 4.78 is 16.2. The molecule has 0 spiro atoms. The average molecular weight is 397 g/mol. The van der Waals surface area contributed by atoms with Gasteiger partial charge in [0.15, 0.2) is 5.82 Å². The first-order chi connectivity index (χ1) is 14.1. The third-order valence-corrected chi connectivity index (χ3v) is 4.93. The number of carbonyl (C=O) groups excluding carboxylic acids is 1. The van der Waals surface area contributed by atoms with Crippen molar-refractivity contribution in [1.82, 2.24) is 25.2 Å². The maximum atomic E-state index is 13.1. The lowest BCUT2D eigenvalue weighted by molar-refractivity contribution is -0.0153. The SMILES string of the molecule is COc1ccc(-c2[nH]ncc2C(=O)N2CCCC(OCc3nc(C)no3)C2)cc1. The fourth-order valence-electron chi connectivity index (χ4n) is 3.44. The first kappa shape index (κ1) is 19.1. The molecule has 1 N–H and O–H groups in total. The van der Waals surface area contributed by atoms with Gasteiger partial charge in [0.2, 0.25) is 0 Å². The van der Waals surface area contributed by atoms with E-state index in [0.717, 1.165) is 24.2 Å². The van der Waals surface area contributed by atoms with Gasteiger partial charge in [0, 0.05) is 18.7 Å². The molecular formula is C20H23N5O4. The van der Waals surface area contributed by atoms with Crippen LogP contribution in [-0.2, 0) is 11.3 Å². The van der Waals surface area contributed by atoms with Crippen LogP contribution in [0, 0.1) is 6.92 Å². The van der Waals surface area contributed by atoms with E-state index < -0.39 is 0 Å². The number of benzene rings is 1. The highest BCUT2D eigenvalue weighted by atomic mass is 16.5. The summed E-state index contributed by atoms with van der Waals surface area (Å²) >= 11 is 0. The van der Waals surface area contributed by atoms with Gasteiger partial charge in [-0.15, -0.1) is 0 Å². The van der Waals surface area contributed by atoms with Crippen molar-refractivity contribution in [3.05, 3.63) is 47.7 Å². The Labute approximate surface area is 168 Å². The number of likely N-dealkylation sites (tertiary alicyclic amines) is 1. The number of aromatic amines is 1. The lowest BCUT2D eigenvalue weighted by atomic mass is 10.0. The molecule has 1 aliphatic rings. The first-order valence-corrected chi connectivity index (χ1v) is 9.52. The van der Waals surface area contributed by atoms with E-state index in [2.05, 4.69) is 20.3 Å². The Kier molecular flexibility index (Phi) is 5.57. The molecule has 1 aromatic carbocycles. The van der Waals surface area contributed by atoms with Crippen molar-refractivity contribution in [3.8, 4) is 17.0 Å². The van der Waals surface area contributed by atoms with Gasteiger partial charge in [0.1, 0.15) is 12.4 Å². The highest BCUT2D eigenvalue weighted by Crippen LogP contribution is 2.26. The van der Waals surface area contributed by atoms with E-state index in [-0.39, 0.29) is 18.6 Å². The summed E-state index contributed by atoms with van der Waals surface area (Å²) in [4.78, 5) is 19.1. The Morgan fingerprint density at radius 2 is 2.17 bits per heavy atom. The molecule has 1 aliphatic heterocycles. The molecule has 3 aromatic rings. The Bertz CT molecular complexity index is 965. The standard InChI is InChI=1S/C20H23N5O4/c1-13-22-18(29-24-13)12-28-16-4-3-9-25(11-16)20(26)17-10-21-23-19(17)14-5-7-15(27-2)8-6-14/h5-8,10,16H,3-4,9,11-12H2,1-2H3,(H,21,23). The van der Waals surface area contributed by atoms with Gasteiger partial charge in [0.05, 0.1) is 30.7 Å². The van der Waals surface area contributed by atoms with Gasteiger partial charge >= 0.3 is 0 Å². The monoisotopic (exact) mass is 397 g/mol. The minimum Gasteiger partial charge on any atom is -0.497 e. The van der Waals surface area contributed by atoms with Crippen molar-refractivity contribution >= 4 is 5.91 Å². The minimum absolute atomic E-state index is 0.0634. The molecule has 9 nitrogen and oxygen atoms in total. The maximum absolute atomic E-state index is 13.1. The van der Waals surface area contributed by atoms with E-state index in [0.29, 0.717) is 36.1 Å². The number of hydrogen-bond acceptors (Lipinski definition) is 7. The molecule has 9 heteroatoms. The lowest BCUT2D eigenvalue weighted by Gasteiger charge is -2.32. The zero-order valence-electron chi connectivity index (χ0n) is 16.4. The van der Waals surface area contributed by atoms with Crippen molar-refractivity contribution in [1.29, 1.82) is 0 Å². The fraction of sp³-hybridized carbons (Fsp3) is 0.400. The van der Waals surface area contributed by atoms with Gasteiger partial charge in [-0.2, -0.15) is 10.1 Å². The number of piperidine rings is 1. The molecule has 1 amide bonds. The van der Waals surface area contributed by atoms with E-state index in [9.17, 15) is 4.79 Å². The first-order valence-electron chi connectivity index (χ1n) is 9.52. The van der Waals surface area contributed by atoms with E-state index >= 15 is 0 Å². The van der Waals surface area contributed by atoms with E-state index in [1.165, 1.54) is 0 Å². The minimum atomic E-state index is -0.0729. The van der Waals surface area contributed by atoms with Crippen LogP contribution in [0.3, 0.4) is 0 Å². The normalized spacial score (nSPS) is 16.8. The number of carbonyl (C=O) groups is 1. The van der Waals surface area contributed by atoms with Gasteiger partial charge in [-0.05, 0) is 44.0 Å². The zero-order valence-corrected chi connectivity index (χ0v) is 16.4. The van der Waals surface area contributed by atoms with Gasteiger partial charge in [-0.25, -0.2) is 0 Å². The third kappa shape index (κ3) is 4.29. The van der Waals surface area contributed by atoms with Crippen molar-refractivity contribution < 1.29 is 18.8 Å². The van der Waals surface area contributed by atoms with Crippen molar-refractivity contribution in [3.63, 3.8) is 0 Å². The number of hydrogen-bond donors (Lipinski definition) is 1. The van der Waals surface area contributed by atoms with Crippen LogP contribution in [0.2, 0.25) is 0 Å². The second kappa shape index (κ2) is 8.44. The molecule has 1 atom stereocenters. The molecule has 0 aliphatic carbocycles. The number of methoxy groups -OCH3 is 1. The molecule has 1 saturated heterocycles.